The van der Waals surface area contributed by atoms with Gasteiger partial charge in [0.1, 0.15) is 0 Å². The predicted molar refractivity (Wildman–Crippen MR) is 73.2 cm³/mol. The summed E-state index contributed by atoms with van der Waals surface area (Å²) in [6.07, 6.45) is 4.25. The van der Waals surface area contributed by atoms with E-state index in [1.807, 2.05) is 31.2 Å². The molecule has 1 unspecified atom stereocenters. The highest BCUT2D eigenvalue weighted by molar-refractivity contribution is 6.02. The minimum atomic E-state index is -0.137. The molecule has 0 fully saturated rings. The van der Waals surface area contributed by atoms with E-state index in [1.54, 1.807) is 12.4 Å². The third-order valence-corrected chi connectivity index (χ3v) is 3.09. The first-order chi connectivity index (χ1) is 8.76. The molecule has 3 N–H and O–H groups in total. The molecular weight excluding hydrogens is 226 g/mol. The first-order valence-electron chi connectivity index (χ1n) is 6.10. The molecule has 94 valence electrons. The van der Waals surface area contributed by atoms with E-state index >= 15 is 0 Å². The number of nitrogens with two attached hydrogens (primary N) is 1. The molecule has 0 aliphatic carbocycles. The van der Waals surface area contributed by atoms with Gasteiger partial charge in [0, 0.05) is 35.4 Å². The number of carbonyl (C=O) groups is 1. The second-order valence-corrected chi connectivity index (χ2v) is 4.23. The molecule has 0 aliphatic heterocycles. The third kappa shape index (κ3) is 2.49. The summed E-state index contributed by atoms with van der Waals surface area (Å²) in [6.45, 7) is 2.33. The smallest absolute Gasteiger partial charge is 0.228 e. The van der Waals surface area contributed by atoms with Crippen LogP contribution in [0.15, 0.2) is 36.7 Å². The summed E-state index contributed by atoms with van der Waals surface area (Å²) >= 11 is 0. The van der Waals surface area contributed by atoms with Crippen LogP contribution in [0.2, 0.25) is 0 Å². The Morgan fingerprint density at radius 1 is 1.44 bits per heavy atom. The van der Waals surface area contributed by atoms with Gasteiger partial charge in [-0.3, -0.25) is 9.78 Å². The number of amides is 1. The molecule has 2 aromatic rings. The molecule has 0 radical (unpaired) electrons. The lowest BCUT2D eigenvalue weighted by Crippen LogP contribution is -2.28. The molecule has 1 aromatic carbocycles. The van der Waals surface area contributed by atoms with Crippen molar-refractivity contribution in [1.29, 1.82) is 0 Å². The molecule has 0 saturated carbocycles. The number of aromatic nitrogens is 1. The molecule has 0 bridgehead atoms. The number of hydrogen-bond acceptors (Lipinski definition) is 3. The van der Waals surface area contributed by atoms with Crippen LogP contribution in [0.4, 0.5) is 5.69 Å². The van der Waals surface area contributed by atoms with Crippen LogP contribution in [0.25, 0.3) is 10.8 Å². The highest BCUT2D eigenvalue weighted by atomic mass is 16.1. The molecule has 1 heterocycles. The molecule has 4 heteroatoms. The van der Waals surface area contributed by atoms with Crippen LogP contribution in [0.3, 0.4) is 0 Å². The fourth-order valence-corrected chi connectivity index (χ4v) is 1.93. The van der Waals surface area contributed by atoms with Gasteiger partial charge < -0.3 is 11.1 Å². The van der Waals surface area contributed by atoms with Crippen LogP contribution >= 0.6 is 0 Å². The van der Waals surface area contributed by atoms with Gasteiger partial charge in [-0.25, -0.2) is 0 Å². The lowest BCUT2D eigenvalue weighted by atomic mass is 10.1. The molecule has 0 spiro atoms. The normalized spacial score (nSPS) is 12.3. The number of rotatable bonds is 4. The number of benzene rings is 1. The molecule has 1 aromatic heterocycles. The lowest BCUT2D eigenvalue weighted by molar-refractivity contribution is -0.119. The van der Waals surface area contributed by atoms with E-state index in [0.29, 0.717) is 6.54 Å². The first kappa shape index (κ1) is 12.5. The van der Waals surface area contributed by atoms with Crippen LogP contribution in [-0.2, 0) is 4.79 Å². The molecule has 1 atom stereocenters. The quantitative estimate of drug-likeness (QED) is 0.864. The minimum absolute atomic E-state index is 0.0238. The summed E-state index contributed by atoms with van der Waals surface area (Å²) in [6, 6.07) is 7.67. The average Bonchev–Trinajstić information content (AvgIpc) is 2.40. The lowest BCUT2D eigenvalue weighted by Gasteiger charge is -2.14. The summed E-state index contributed by atoms with van der Waals surface area (Å²) in [5, 5.41) is 4.94. The topological polar surface area (TPSA) is 68.0 Å². The number of pyridine rings is 1. The molecule has 0 saturated heterocycles. The maximum absolute atomic E-state index is 12.0. The Morgan fingerprint density at radius 2 is 2.28 bits per heavy atom. The summed E-state index contributed by atoms with van der Waals surface area (Å²) in [7, 11) is 0. The van der Waals surface area contributed by atoms with Gasteiger partial charge in [-0.2, -0.15) is 0 Å². The van der Waals surface area contributed by atoms with E-state index in [1.165, 1.54) is 0 Å². The van der Waals surface area contributed by atoms with Gasteiger partial charge in [0.2, 0.25) is 5.91 Å². The van der Waals surface area contributed by atoms with Crippen molar-refractivity contribution in [3.63, 3.8) is 0 Å². The Hall–Kier alpha value is -1.94. The van der Waals surface area contributed by atoms with Crippen molar-refractivity contribution in [2.24, 2.45) is 11.7 Å². The molecule has 2 rings (SSSR count). The summed E-state index contributed by atoms with van der Waals surface area (Å²) in [5.74, 6) is -0.161. The number of anilines is 1. The Balaban J connectivity index is 2.29. The Labute approximate surface area is 106 Å². The van der Waals surface area contributed by atoms with Gasteiger partial charge in [0.15, 0.2) is 0 Å². The van der Waals surface area contributed by atoms with E-state index in [2.05, 4.69) is 10.3 Å². The van der Waals surface area contributed by atoms with E-state index in [-0.39, 0.29) is 11.8 Å². The summed E-state index contributed by atoms with van der Waals surface area (Å²) < 4.78 is 0. The fourth-order valence-electron chi connectivity index (χ4n) is 1.93. The first-order valence-corrected chi connectivity index (χ1v) is 6.10. The van der Waals surface area contributed by atoms with Crippen LogP contribution in [0.5, 0.6) is 0 Å². The minimum Gasteiger partial charge on any atom is -0.330 e. The SMILES string of the molecule is CCC(CN)C(=O)Nc1cccc2cnccc12. The number of nitrogens with one attached hydrogen (secondary N) is 1. The number of hydrogen-bond donors (Lipinski definition) is 2. The third-order valence-electron chi connectivity index (χ3n) is 3.09. The Morgan fingerprint density at radius 3 is 3.00 bits per heavy atom. The summed E-state index contributed by atoms with van der Waals surface area (Å²) in [4.78, 5) is 16.1. The standard InChI is InChI=1S/C14H17N3O/c1-2-10(8-15)14(18)17-13-5-3-4-11-9-16-7-6-12(11)13/h3-7,9-10H,2,8,15H2,1H3,(H,17,18). The number of carbonyl (C=O) groups excluding carboxylic acids is 1. The average molecular weight is 243 g/mol. The van der Waals surface area contributed by atoms with E-state index in [0.717, 1.165) is 22.9 Å². The molecule has 18 heavy (non-hydrogen) atoms. The number of nitrogens with zero attached hydrogens (tertiary/aromatic N) is 1. The zero-order valence-electron chi connectivity index (χ0n) is 10.4. The van der Waals surface area contributed by atoms with Gasteiger partial charge >= 0.3 is 0 Å². The van der Waals surface area contributed by atoms with Gasteiger partial charge in [-0.05, 0) is 18.6 Å². The highest BCUT2D eigenvalue weighted by Crippen LogP contribution is 2.22. The van der Waals surface area contributed by atoms with Crippen molar-refractivity contribution in [3.05, 3.63) is 36.7 Å². The van der Waals surface area contributed by atoms with Crippen LogP contribution in [0.1, 0.15) is 13.3 Å². The Bertz CT molecular complexity index is 544. The molecule has 4 nitrogen and oxygen atoms in total. The fraction of sp³-hybridized carbons (Fsp3) is 0.286. The predicted octanol–water partition coefficient (Wildman–Crippen LogP) is 2.16. The number of fused-ring (bicyclic) bond motifs is 1. The van der Waals surface area contributed by atoms with Crippen molar-refractivity contribution < 1.29 is 4.79 Å². The van der Waals surface area contributed by atoms with E-state index < -0.39 is 0 Å². The van der Waals surface area contributed by atoms with Crippen LogP contribution in [0, 0.1) is 5.92 Å². The van der Waals surface area contributed by atoms with Crippen molar-refractivity contribution in [2.75, 3.05) is 11.9 Å². The van der Waals surface area contributed by atoms with Crippen molar-refractivity contribution >= 4 is 22.4 Å². The second-order valence-electron chi connectivity index (χ2n) is 4.23. The zero-order valence-corrected chi connectivity index (χ0v) is 10.4. The zero-order chi connectivity index (χ0) is 13.0. The van der Waals surface area contributed by atoms with Gasteiger partial charge in [0.05, 0.1) is 5.92 Å². The summed E-state index contributed by atoms with van der Waals surface area (Å²) in [5.41, 5.74) is 6.39. The maximum Gasteiger partial charge on any atom is 0.228 e. The molecular formula is C14H17N3O. The largest absolute Gasteiger partial charge is 0.330 e. The monoisotopic (exact) mass is 243 g/mol. The van der Waals surface area contributed by atoms with Crippen LogP contribution in [-0.4, -0.2) is 17.4 Å². The van der Waals surface area contributed by atoms with E-state index in [4.69, 9.17) is 5.73 Å². The van der Waals surface area contributed by atoms with Gasteiger partial charge in [0.25, 0.3) is 0 Å². The second kappa shape index (κ2) is 5.60. The van der Waals surface area contributed by atoms with Crippen molar-refractivity contribution in [3.8, 4) is 0 Å². The molecule has 1 amide bonds. The molecule has 0 aliphatic rings. The maximum atomic E-state index is 12.0. The van der Waals surface area contributed by atoms with Gasteiger partial charge in [-0.15, -0.1) is 0 Å². The van der Waals surface area contributed by atoms with Gasteiger partial charge in [-0.1, -0.05) is 19.1 Å². The van der Waals surface area contributed by atoms with Crippen LogP contribution < -0.4 is 11.1 Å². The van der Waals surface area contributed by atoms with Crippen molar-refractivity contribution in [1.82, 2.24) is 4.98 Å². The van der Waals surface area contributed by atoms with Crippen molar-refractivity contribution in [2.45, 2.75) is 13.3 Å². The Kier molecular flexibility index (Phi) is 3.89. The van der Waals surface area contributed by atoms with E-state index in [9.17, 15) is 4.79 Å². The highest BCUT2D eigenvalue weighted by Gasteiger charge is 2.15.